The van der Waals surface area contributed by atoms with E-state index in [2.05, 4.69) is 0 Å². The first kappa shape index (κ1) is 49.5. The van der Waals surface area contributed by atoms with Gasteiger partial charge in [0.25, 0.3) is 0 Å². The minimum atomic E-state index is -2.48. The molecule has 0 aromatic heterocycles. The predicted octanol–water partition coefficient (Wildman–Crippen LogP) is 0.267. The summed E-state index contributed by atoms with van der Waals surface area (Å²) < 4.78 is 5.01. The highest BCUT2D eigenvalue weighted by Crippen LogP contribution is 2.07. The van der Waals surface area contributed by atoms with Crippen molar-refractivity contribution in [1.82, 2.24) is 0 Å². The SMILES string of the molecule is C.C.C.C.C[SiH2]O.C[SiH2]O.C[SiH2]O.C[Si](C)(O)O[Si](C)(C)O. The van der Waals surface area contributed by atoms with Gasteiger partial charge in [0.05, 0.1) is 0 Å². The molecule has 0 heterocycles. The molecule has 0 spiro atoms. The third kappa shape index (κ3) is 175. The van der Waals surface area contributed by atoms with E-state index in [0.29, 0.717) is 0 Å². The van der Waals surface area contributed by atoms with Gasteiger partial charge in [-0.2, -0.15) is 0 Å². The Bertz CT molecular complexity index is 125. The second-order valence-electron chi connectivity index (χ2n) is 3.94. The molecule has 5 N–H and O–H groups in total. The predicted molar refractivity (Wildman–Crippen MR) is 117 cm³/mol. The van der Waals surface area contributed by atoms with E-state index < -0.39 is 46.4 Å². The van der Waals surface area contributed by atoms with Crippen LogP contribution in [0.25, 0.3) is 0 Å². The fraction of sp³-hybridized carbons (Fsp3) is 1.00. The maximum atomic E-state index is 9.14. The zero-order valence-corrected chi connectivity index (χ0v) is 19.0. The van der Waals surface area contributed by atoms with Crippen molar-refractivity contribution < 1.29 is 28.1 Å². The summed E-state index contributed by atoms with van der Waals surface area (Å²) in [5, 5.41) is 0. The molecule has 11 heteroatoms. The molecular formula is C11H48O6Si5. The van der Waals surface area contributed by atoms with Crippen molar-refractivity contribution in [3.8, 4) is 0 Å². The van der Waals surface area contributed by atoms with Crippen LogP contribution in [0.2, 0.25) is 45.8 Å². The van der Waals surface area contributed by atoms with Crippen molar-refractivity contribution in [1.29, 1.82) is 0 Å². The lowest BCUT2D eigenvalue weighted by Gasteiger charge is -2.23. The van der Waals surface area contributed by atoms with Crippen LogP contribution >= 0.6 is 0 Å². The van der Waals surface area contributed by atoms with Crippen LogP contribution in [0.3, 0.4) is 0 Å². The van der Waals surface area contributed by atoms with Gasteiger partial charge < -0.3 is 28.1 Å². The highest BCUT2D eigenvalue weighted by atomic mass is 28.5. The van der Waals surface area contributed by atoms with Crippen LogP contribution in [0.4, 0.5) is 0 Å². The first-order chi connectivity index (χ1) is 7.95. The maximum Gasteiger partial charge on any atom is 0.320 e. The molecule has 6 nitrogen and oxygen atoms in total. The van der Waals surface area contributed by atoms with Gasteiger partial charge in [0.15, 0.2) is 29.3 Å². The summed E-state index contributed by atoms with van der Waals surface area (Å²) in [6.45, 7) is 12.0. The average molecular weight is 417 g/mol. The van der Waals surface area contributed by atoms with Crippen molar-refractivity contribution in [3.05, 3.63) is 0 Å². The molecule has 0 atom stereocenters. The Morgan fingerprint density at radius 3 is 0.682 bits per heavy atom. The molecule has 0 saturated carbocycles. The van der Waals surface area contributed by atoms with E-state index in [1.165, 1.54) is 0 Å². The van der Waals surface area contributed by atoms with Crippen LogP contribution < -0.4 is 0 Å². The monoisotopic (exact) mass is 416 g/mol. The molecular weight excluding hydrogens is 369 g/mol. The second-order valence-corrected chi connectivity index (χ2v) is 12.4. The van der Waals surface area contributed by atoms with E-state index in [9.17, 15) is 0 Å². The molecule has 148 valence electrons. The minimum absolute atomic E-state index is 0. The van der Waals surface area contributed by atoms with Crippen LogP contribution in [0.15, 0.2) is 0 Å². The fourth-order valence-electron chi connectivity index (χ4n) is 0.611. The largest absolute Gasteiger partial charge is 0.438 e. The quantitative estimate of drug-likeness (QED) is 0.413. The molecule has 0 saturated heterocycles. The molecule has 0 aliphatic rings. The number of rotatable bonds is 2. The van der Waals surface area contributed by atoms with Crippen LogP contribution in [-0.4, -0.2) is 70.4 Å². The lowest BCUT2D eigenvalue weighted by Crippen LogP contribution is -2.44. The fourth-order valence-corrected chi connectivity index (χ4v) is 5.50. The van der Waals surface area contributed by atoms with Crippen LogP contribution in [0, 0.1) is 0 Å². The minimum Gasteiger partial charge on any atom is -0.438 e. The van der Waals surface area contributed by atoms with Gasteiger partial charge in [-0.05, 0) is 26.2 Å². The lowest BCUT2D eigenvalue weighted by molar-refractivity contribution is 0.322. The van der Waals surface area contributed by atoms with E-state index in [0.717, 1.165) is 0 Å². The Hall–Kier alpha value is 0.844. The van der Waals surface area contributed by atoms with E-state index in [-0.39, 0.29) is 29.7 Å². The summed E-state index contributed by atoms with van der Waals surface area (Å²) in [5.41, 5.74) is 0. The summed E-state index contributed by atoms with van der Waals surface area (Å²) in [7, 11) is -6.71. The molecule has 0 aliphatic carbocycles. The van der Waals surface area contributed by atoms with Crippen molar-refractivity contribution >= 4 is 46.4 Å². The molecule has 0 rings (SSSR count). The van der Waals surface area contributed by atoms with Crippen molar-refractivity contribution in [2.45, 2.75) is 75.5 Å². The van der Waals surface area contributed by atoms with E-state index in [1.807, 2.05) is 19.6 Å². The van der Waals surface area contributed by atoms with E-state index >= 15 is 0 Å². The topological polar surface area (TPSA) is 110 Å². The Kier molecular flexibility index (Phi) is 75.2. The van der Waals surface area contributed by atoms with Gasteiger partial charge in [-0.15, -0.1) is 0 Å². The highest BCUT2D eigenvalue weighted by Gasteiger charge is 2.30. The molecule has 22 heavy (non-hydrogen) atoms. The molecule has 0 unspecified atom stereocenters. The zero-order valence-electron chi connectivity index (χ0n) is 12.8. The highest BCUT2D eigenvalue weighted by molar-refractivity contribution is 6.77. The second kappa shape index (κ2) is 33.5. The Labute approximate surface area is 150 Å². The summed E-state index contributed by atoms with van der Waals surface area (Å²) in [4.78, 5) is 41.4. The molecule has 0 aliphatic heterocycles. The number of hydrogen-bond donors (Lipinski definition) is 5. The summed E-state index contributed by atoms with van der Waals surface area (Å²) in [6, 6.07) is 0. The summed E-state index contributed by atoms with van der Waals surface area (Å²) >= 11 is 0. The summed E-state index contributed by atoms with van der Waals surface area (Å²) in [6.07, 6.45) is 0. The van der Waals surface area contributed by atoms with Gasteiger partial charge in [0, 0.05) is 0 Å². The van der Waals surface area contributed by atoms with Gasteiger partial charge in [0.1, 0.15) is 0 Å². The van der Waals surface area contributed by atoms with Crippen LogP contribution in [0.5, 0.6) is 0 Å². The molecule has 0 bridgehead atoms. The van der Waals surface area contributed by atoms with Crippen molar-refractivity contribution in [2.24, 2.45) is 0 Å². The molecule has 0 aromatic rings. The van der Waals surface area contributed by atoms with E-state index in [4.69, 9.17) is 28.1 Å². The van der Waals surface area contributed by atoms with Gasteiger partial charge in [-0.25, -0.2) is 0 Å². The third-order valence-corrected chi connectivity index (χ3v) is 4.50. The summed E-state index contributed by atoms with van der Waals surface area (Å²) in [5.74, 6) is 0. The third-order valence-electron chi connectivity index (χ3n) is 0.500. The van der Waals surface area contributed by atoms with Crippen LogP contribution in [-0.2, 0) is 4.12 Å². The van der Waals surface area contributed by atoms with Crippen molar-refractivity contribution in [2.75, 3.05) is 0 Å². The molecule has 0 amide bonds. The van der Waals surface area contributed by atoms with Crippen LogP contribution in [0.1, 0.15) is 29.7 Å². The standard InChI is InChI=1S/C4H14O3Si2.3CH6OSi.4CH4/c1-8(2,5)7-9(3,4)6;3*1-3-2;;;;/h5-6H,1-4H3;3*2H,3H2,1H3;4*1H4. The van der Waals surface area contributed by atoms with Gasteiger partial charge in [0.2, 0.25) is 0 Å². The molecule has 0 radical (unpaired) electrons. The average Bonchev–Trinajstić information content (AvgIpc) is 2.00. The van der Waals surface area contributed by atoms with Gasteiger partial charge in [-0.1, -0.05) is 49.3 Å². The van der Waals surface area contributed by atoms with Crippen molar-refractivity contribution in [3.63, 3.8) is 0 Å². The van der Waals surface area contributed by atoms with Gasteiger partial charge >= 0.3 is 17.1 Å². The van der Waals surface area contributed by atoms with Gasteiger partial charge in [-0.3, -0.25) is 0 Å². The number of hydrogen-bond acceptors (Lipinski definition) is 6. The first-order valence-electron chi connectivity index (χ1n) is 5.93. The Balaban J connectivity index is -0.0000000217. The normalized spacial score (nSPS) is 9.82. The molecule has 0 aromatic carbocycles. The maximum absolute atomic E-state index is 9.14. The Morgan fingerprint density at radius 1 is 0.591 bits per heavy atom. The first-order valence-corrected chi connectivity index (χ1v) is 17.8. The zero-order chi connectivity index (χ0) is 15.8. The lowest BCUT2D eigenvalue weighted by atomic mass is 11.9. The Morgan fingerprint density at radius 2 is 0.682 bits per heavy atom. The smallest absolute Gasteiger partial charge is 0.320 e. The molecule has 0 fully saturated rings. The van der Waals surface area contributed by atoms with E-state index in [1.54, 1.807) is 26.2 Å².